The number of nitrogens with one attached hydrogen (secondary N) is 1. The predicted octanol–water partition coefficient (Wildman–Crippen LogP) is 0.306. The van der Waals surface area contributed by atoms with Gasteiger partial charge in [-0.25, -0.2) is 0 Å². The number of carbonyl (C=O) groups excluding carboxylic acids is 2. The minimum absolute atomic E-state index is 0.00703. The molecule has 0 aromatic heterocycles. The van der Waals surface area contributed by atoms with Crippen LogP contribution in [0.4, 0.5) is 0 Å². The molecule has 4 rings (SSSR count). The third-order valence-electron chi connectivity index (χ3n) is 5.40. The highest BCUT2D eigenvalue weighted by Crippen LogP contribution is 2.36. The van der Waals surface area contributed by atoms with Gasteiger partial charge < -0.3 is 19.7 Å². The molecule has 3 heterocycles. The first-order chi connectivity index (χ1) is 11.6. The van der Waals surface area contributed by atoms with Crippen LogP contribution in [0.15, 0.2) is 18.2 Å². The SMILES string of the molecule is CNC(=O)[C@@H]1C[C@H]2CN(C(=O)c3ccc4c(c3)OCO4)C[C@H]2N1C. The van der Waals surface area contributed by atoms with Crippen molar-refractivity contribution in [2.24, 2.45) is 5.92 Å². The van der Waals surface area contributed by atoms with E-state index in [1.807, 2.05) is 11.9 Å². The van der Waals surface area contributed by atoms with Crippen LogP contribution in [0, 0.1) is 5.92 Å². The quantitative estimate of drug-likeness (QED) is 0.844. The van der Waals surface area contributed by atoms with Crippen molar-refractivity contribution in [3.05, 3.63) is 23.8 Å². The number of likely N-dealkylation sites (tertiary alicyclic amines) is 2. The molecule has 7 nitrogen and oxygen atoms in total. The van der Waals surface area contributed by atoms with Gasteiger partial charge in [0.05, 0.1) is 6.04 Å². The summed E-state index contributed by atoms with van der Waals surface area (Å²) in [6, 6.07) is 5.45. The van der Waals surface area contributed by atoms with Gasteiger partial charge in [0.25, 0.3) is 5.91 Å². The van der Waals surface area contributed by atoms with Crippen LogP contribution in [0.5, 0.6) is 11.5 Å². The second-order valence-corrected chi connectivity index (χ2v) is 6.64. The normalized spacial score (nSPS) is 28.1. The van der Waals surface area contributed by atoms with Gasteiger partial charge in [0.15, 0.2) is 11.5 Å². The van der Waals surface area contributed by atoms with Crippen molar-refractivity contribution >= 4 is 11.8 Å². The molecule has 0 radical (unpaired) electrons. The van der Waals surface area contributed by atoms with Crippen LogP contribution in [0.1, 0.15) is 16.8 Å². The summed E-state index contributed by atoms with van der Waals surface area (Å²) in [5, 5.41) is 2.72. The molecule has 128 valence electrons. The smallest absolute Gasteiger partial charge is 0.254 e. The molecule has 2 amide bonds. The standard InChI is InChI=1S/C17H21N3O4/c1-18-16(21)12-5-11-7-20(8-13(11)19(12)2)17(22)10-3-4-14-15(6-10)24-9-23-14/h3-4,6,11-13H,5,7-9H2,1-2H3,(H,18,21)/t11-,12-,13+/m0/s1. The largest absolute Gasteiger partial charge is 0.454 e. The van der Waals surface area contributed by atoms with E-state index in [1.54, 1.807) is 25.2 Å². The minimum Gasteiger partial charge on any atom is -0.454 e. The maximum absolute atomic E-state index is 12.8. The zero-order valence-electron chi connectivity index (χ0n) is 13.8. The Balaban J connectivity index is 1.47. The summed E-state index contributed by atoms with van der Waals surface area (Å²) in [6.45, 7) is 1.55. The molecule has 1 aromatic rings. The number of nitrogens with zero attached hydrogens (tertiary/aromatic N) is 2. The van der Waals surface area contributed by atoms with E-state index in [9.17, 15) is 9.59 Å². The van der Waals surface area contributed by atoms with E-state index >= 15 is 0 Å². The Morgan fingerprint density at radius 2 is 2.00 bits per heavy atom. The lowest BCUT2D eigenvalue weighted by atomic mass is 10.0. The van der Waals surface area contributed by atoms with E-state index in [0.717, 1.165) is 6.42 Å². The van der Waals surface area contributed by atoms with Crippen molar-refractivity contribution in [1.29, 1.82) is 0 Å². The Morgan fingerprint density at radius 1 is 1.21 bits per heavy atom. The fourth-order valence-corrected chi connectivity index (χ4v) is 4.07. The zero-order valence-corrected chi connectivity index (χ0v) is 13.8. The van der Waals surface area contributed by atoms with Crippen molar-refractivity contribution in [3.63, 3.8) is 0 Å². The fourth-order valence-electron chi connectivity index (χ4n) is 4.07. The molecule has 0 saturated carbocycles. The van der Waals surface area contributed by atoms with E-state index in [1.165, 1.54) is 0 Å². The summed E-state index contributed by atoms with van der Waals surface area (Å²) in [4.78, 5) is 28.7. The third-order valence-corrected chi connectivity index (χ3v) is 5.40. The Bertz CT molecular complexity index is 692. The topological polar surface area (TPSA) is 71.1 Å². The van der Waals surface area contributed by atoms with Crippen LogP contribution in [-0.4, -0.2) is 67.7 Å². The van der Waals surface area contributed by atoms with Gasteiger partial charge >= 0.3 is 0 Å². The highest BCUT2D eigenvalue weighted by Gasteiger charge is 2.48. The molecule has 1 N–H and O–H groups in total. The number of carbonyl (C=O) groups is 2. The van der Waals surface area contributed by atoms with Gasteiger partial charge in [-0.1, -0.05) is 0 Å². The molecule has 3 aliphatic rings. The number of likely N-dealkylation sites (N-methyl/N-ethyl adjacent to an activating group) is 2. The fraction of sp³-hybridized carbons (Fsp3) is 0.529. The second-order valence-electron chi connectivity index (χ2n) is 6.64. The van der Waals surface area contributed by atoms with Crippen molar-refractivity contribution in [3.8, 4) is 11.5 Å². The predicted molar refractivity (Wildman–Crippen MR) is 86.0 cm³/mol. The number of fused-ring (bicyclic) bond motifs is 2. The van der Waals surface area contributed by atoms with E-state index < -0.39 is 0 Å². The third kappa shape index (κ3) is 2.31. The maximum atomic E-state index is 12.8. The molecular weight excluding hydrogens is 310 g/mol. The minimum atomic E-state index is -0.0900. The van der Waals surface area contributed by atoms with E-state index in [0.29, 0.717) is 36.1 Å². The lowest BCUT2D eigenvalue weighted by Crippen LogP contribution is -2.45. The number of hydrogen-bond donors (Lipinski definition) is 1. The Labute approximate surface area is 140 Å². The summed E-state index contributed by atoms with van der Waals surface area (Å²) in [7, 11) is 3.64. The average Bonchev–Trinajstić information content (AvgIpc) is 3.28. The molecule has 3 aliphatic heterocycles. The molecule has 0 aliphatic carbocycles. The lowest BCUT2D eigenvalue weighted by Gasteiger charge is -2.25. The lowest BCUT2D eigenvalue weighted by molar-refractivity contribution is -0.125. The van der Waals surface area contributed by atoms with Crippen molar-refractivity contribution in [1.82, 2.24) is 15.1 Å². The van der Waals surface area contributed by atoms with E-state index in [4.69, 9.17) is 9.47 Å². The van der Waals surface area contributed by atoms with Crippen LogP contribution in [0.2, 0.25) is 0 Å². The Kier molecular flexibility index (Phi) is 3.60. The van der Waals surface area contributed by atoms with Gasteiger partial charge in [0.2, 0.25) is 12.7 Å². The molecule has 1 aromatic carbocycles. The summed E-state index contributed by atoms with van der Waals surface area (Å²) in [6.07, 6.45) is 0.797. The van der Waals surface area contributed by atoms with Crippen LogP contribution in [0.25, 0.3) is 0 Å². The van der Waals surface area contributed by atoms with E-state index in [-0.39, 0.29) is 30.7 Å². The molecular formula is C17H21N3O4. The maximum Gasteiger partial charge on any atom is 0.254 e. The van der Waals surface area contributed by atoms with Gasteiger partial charge in [-0.2, -0.15) is 0 Å². The number of rotatable bonds is 2. The molecule has 3 atom stereocenters. The Morgan fingerprint density at radius 3 is 2.75 bits per heavy atom. The number of benzene rings is 1. The molecule has 0 unspecified atom stereocenters. The van der Waals surface area contributed by atoms with Gasteiger partial charge in [-0.15, -0.1) is 0 Å². The van der Waals surface area contributed by atoms with Crippen molar-refractivity contribution in [2.45, 2.75) is 18.5 Å². The average molecular weight is 331 g/mol. The van der Waals surface area contributed by atoms with Crippen LogP contribution in [0.3, 0.4) is 0 Å². The first-order valence-electron chi connectivity index (χ1n) is 8.21. The Hall–Kier alpha value is -2.28. The van der Waals surface area contributed by atoms with Crippen LogP contribution >= 0.6 is 0 Å². The summed E-state index contributed by atoms with van der Waals surface area (Å²) in [5.74, 6) is 1.71. The highest BCUT2D eigenvalue weighted by atomic mass is 16.7. The molecule has 0 bridgehead atoms. The molecule has 2 saturated heterocycles. The molecule has 0 spiro atoms. The van der Waals surface area contributed by atoms with E-state index in [2.05, 4.69) is 10.2 Å². The van der Waals surface area contributed by atoms with Crippen LogP contribution in [-0.2, 0) is 4.79 Å². The first kappa shape index (κ1) is 15.3. The molecule has 2 fully saturated rings. The van der Waals surface area contributed by atoms with Gasteiger partial charge in [-0.05, 0) is 37.6 Å². The van der Waals surface area contributed by atoms with Crippen LogP contribution < -0.4 is 14.8 Å². The number of ether oxygens (including phenoxy) is 2. The highest BCUT2D eigenvalue weighted by molar-refractivity contribution is 5.95. The van der Waals surface area contributed by atoms with Gasteiger partial charge in [0.1, 0.15) is 0 Å². The summed E-state index contributed by atoms with van der Waals surface area (Å²) >= 11 is 0. The van der Waals surface area contributed by atoms with Gasteiger partial charge in [0, 0.05) is 31.7 Å². The summed E-state index contributed by atoms with van der Waals surface area (Å²) < 4.78 is 10.6. The zero-order chi connectivity index (χ0) is 16.8. The van der Waals surface area contributed by atoms with Crippen molar-refractivity contribution < 1.29 is 19.1 Å². The number of amides is 2. The first-order valence-corrected chi connectivity index (χ1v) is 8.21. The number of hydrogen-bond acceptors (Lipinski definition) is 5. The molecule has 24 heavy (non-hydrogen) atoms. The van der Waals surface area contributed by atoms with Crippen molar-refractivity contribution in [2.75, 3.05) is 34.0 Å². The van der Waals surface area contributed by atoms with Gasteiger partial charge in [-0.3, -0.25) is 14.5 Å². The second kappa shape index (κ2) is 5.66. The summed E-state index contributed by atoms with van der Waals surface area (Å²) in [5.41, 5.74) is 0.615. The monoisotopic (exact) mass is 331 g/mol. The molecule has 7 heteroatoms.